The van der Waals surface area contributed by atoms with Crippen molar-refractivity contribution in [3.05, 3.63) is 54.1 Å². The highest BCUT2D eigenvalue weighted by molar-refractivity contribution is 7.99. The number of benzene rings is 2. The number of carbonyl (C=O) groups excluding carboxylic acids is 1. The lowest BCUT2D eigenvalue weighted by molar-refractivity contribution is -0.113. The molecule has 0 atom stereocenters. The molecule has 3 rings (SSSR count). The van der Waals surface area contributed by atoms with Crippen molar-refractivity contribution in [2.75, 3.05) is 23.5 Å². The van der Waals surface area contributed by atoms with Crippen molar-refractivity contribution in [3.63, 3.8) is 0 Å². The summed E-state index contributed by atoms with van der Waals surface area (Å²) in [6.07, 6.45) is 0. The zero-order chi connectivity index (χ0) is 20.1. The van der Waals surface area contributed by atoms with Crippen LogP contribution in [0.15, 0.2) is 47.6 Å². The Kier molecular flexibility index (Phi) is 6.09. The van der Waals surface area contributed by atoms with Gasteiger partial charge in [0.05, 0.1) is 18.0 Å². The average molecular weight is 405 g/mol. The van der Waals surface area contributed by atoms with Gasteiger partial charge in [0.2, 0.25) is 11.1 Å². The predicted octanol–water partition coefficient (Wildman–Crippen LogP) is 3.07. The standard InChI is InChI=1S/C18H17F2N5O2S/c1-2-27-13-6-3-11(4-7-13)17-23-24-18(25(17)21)28-10-16(26)22-15-8-5-12(19)9-14(15)20/h3-9H,2,10,21H2,1H3,(H,22,26). The fraction of sp³-hybridized carbons (Fsp3) is 0.167. The van der Waals surface area contributed by atoms with E-state index in [-0.39, 0.29) is 11.4 Å². The van der Waals surface area contributed by atoms with Crippen LogP contribution in [-0.2, 0) is 4.79 Å². The van der Waals surface area contributed by atoms with Crippen molar-refractivity contribution in [2.24, 2.45) is 0 Å². The van der Waals surface area contributed by atoms with Crippen molar-refractivity contribution < 1.29 is 18.3 Å². The first-order chi connectivity index (χ1) is 13.5. The maximum atomic E-state index is 13.6. The third-order valence-corrected chi connectivity index (χ3v) is 4.57. The molecule has 3 aromatic rings. The maximum absolute atomic E-state index is 13.6. The van der Waals surface area contributed by atoms with E-state index in [1.165, 1.54) is 4.68 Å². The molecule has 0 spiro atoms. The molecule has 0 aliphatic rings. The second-order valence-electron chi connectivity index (χ2n) is 5.59. The molecule has 28 heavy (non-hydrogen) atoms. The molecule has 0 unspecified atom stereocenters. The van der Waals surface area contributed by atoms with Crippen LogP contribution in [-0.4, -0.2) is 33.1 Å². The minimum Gasteiger partial charge on any atom is -0.494 e. The number of amides is 1. The Labute approximate surface area is 163 Å². The van der Waals surface area contributed by atoms with Gasteiger partial charge in [-0.15, -0.1) is 10.2 Å². The summed E-state index contributed by atoms with van der Waals surface area (Å²) in [7, 11) is 0. The molecule has 3 N–H and O–H groups in total. The smallest absolute Gasteiger partial charge is 0.234 e. The molecule has 7 nitrogen and oxygen atoms in total. The fourth-order valence-corrected chi connectivity index (χ4v) is 3.00. The molecule has 1 aromatic heterocycles. The molecule has 146 valence electrons. The van der Waals surface area contributed by atoms with Crippen LogP contribution < -0.4 is 15.9 Å². The minimum absolute atomic E-state index is 0.0740. The van der Waals surface area contributed by atoms with Gasteiger partial charge in [-0.3, -0.25) is 4.79 Å². The molecule has 10 heteroatoms. The lowest BCUT2D eigenvalue weighted by Gasteiger charge is -2.07. The summed E-state index contributed by atoms with van der Waals surface area (Å²) in [5, 5.41) is 10.7. The van der Waals surface area contributed by atoms with E-state index in [0.29, 0.717) is 23.7 Å². The van der Waals surface area contributed by atoms with Crippen LogP contribution in [0.25, 0.3) is 11.4 Å². The molecular weight excluding hydrogens is 388 g/mol. The Hall–Kier alpha value is -3.14. The van der Waals surface area contributed by atoms with Crippen molar-refractivity contribution >= 4 is 23.4 Å². The van der Waals surface area contributed by atoms with E-state index in [2.05, 4.69) is 15.5 Å². The Morgan fingerprint density at radius 3 is 2.64 bits per heavy atom. The summed E-state index contributed by atoms with van der Waals surface area (Å²) >= 11 is 1.04. The monoisotopic (exact) mass is 405 g/mol. The predicted molar refractivity (Wildman–Crippen MR) is 102 cm³/mol. The van der Waals surface area contributed by atoms with E-state index >= 15 is 0 Å². The molecule has 0 aliphatic carbocycles. The Balaban J connectivity index is 1.63. The van der Waals surface area contributed by atoms with E-state index in [1.807, 2.05) is 6.92 Å². The molecule has 0 radical (unpaired) electrons. The van der Waals surface area contributed by atoms with Gasteiger partial charge < -0.3 is 15.9 Å². The molecule has 0 fully saturated rings. The summed E-state index contributed by atoms with van der Waals surface area (Å²) < 4.78 is 33.2. The van der Waals surface area contributed by atoms with Crippen LogP contribution in [0.2, 0.25) is 0 Å². The number of halogens is 2. The zero-order valence-electron chi connectivity index (χ0n) is 14.9. The van der Waals surface area contributed by atoms with Gasteiger partial charge in [0, 0.05) is 11.6 Å². The SMILES string of the molecule is CCOc1ccc(-c2nnc(SCC(=O)Nc3ccc(F)cc3F)n2N)cc1. The van der Waals surface area contributed by atoms with E-state index in [4.69, 9.17) is 10.6 Å². The van der Waals surface area contributed by atoms with Gasteiger partial charge in [-0.1, -0.05) is 11.8 Å². The Morgan fingerprint density at radius 1 is 1.21 bits per heavy atom. The van der Waals surface area contributed by atoms with Gasteiger partial charge in [0.1, 0.15) is 17.4 Å². The number of aromatic nitrogens is 3. The summed E-state index contributed by atoms with van der Waals surface area (Å²) in [4.78, 5) is 12.0. The van der Waals surface area contributed by atoms with Crippen molar-refractivity contribution in [2.45, 2.75) is 12.1 Å². The zero-order valence-corrected chi connectivity index (χ0v) is 15.7. The number of nitrogens with two attached hydrogens (primary N) is 1. The quantitative estimate of drug-likeness (QED) is 0.463. The van der Waals surface area contributed by atoms with Crippen LogP contribution in [0.4, 0.5) is 14.5 Å². The summed E-state index contributed by atoms with van der Waals surface area (Å²) in [6, 6.07) is 10.1. The topological polar surface area (TPSA) is 95.1 Å². The molecule has 1 heterocycles. The lowest BCUT2D eigenvalue weighted by atomic mass is 10.2. The Morgan fingerprint density at radius 2 is 1.96 bits per heavy atom. The fourth-order valence-electron chi connectivity index (χ4n) is 2.35. The van der Waals surface area contributed by atoms with Gasteiger partial charge in [-0.25, -0.2) is 13.5 Å². The van der Waals surface area contributed by atoms with Gasteiger partial charge in [0.15, 0.2) is 5.82 Å². The first-order valence-electron chi connectivity index (χ1n) is 8.29. The van der Waals surface area contributed by atoms with Crippen LogP contribution >= 0.6 is 11.8 Å². The number of anilines is 1. The minimum atomic E-state index is -0.849. The second-order valence-corrected chi connectivity index (χ2v) is 6.54. The number of hydrogen-bond donors (Lipinski definition) is 2. The molecule has 0 bridgehead atoms. The van der Waals surface area contributed by atoms with E-state index in [1.54, 1.807) is 24.3 Å². The van der Waals surface area contributed by atoms with Gasteiger partial charge in [-0.2, -0.15) is 0 Å². The number of thioether (sulfide) groups is 1. The van der Waals surface area contributed by atoms with Gasteiger partial charge >= 0.3 is 0 Å². The second kappa shape index (κ2) is 8.70. The third-order valence-electron chi connectivity index (χ3n) is 3.63. The summed E-state index contributed by atoms with van der Waals surface area (Å²) in [6.45, 7) is 2.46. The number of ether oxygens (including phenoxy) is 1. The first kappa shape index (κ1) is 19.6. The number of hydrogen-bond acceptors (Lipinski definition) is 6. The van der Waals surface area contributed by atoms with Gasteiger partial charge in [0.25, 0.3) is 0 Å². The highest BCUT2D eigenvalue weighted by Gasteiger charge is 2.15. The molecular formula is C18H17F2N5O2S. The van der Waals surface area contributed by atoms with Gasteiger partial charge in [-0.05, 0) is 43.3 Å². The third kappa shape index (κ3) is 4.58. The van der Waals surface area contributed by atoms with Crippen LogP contribution in [0.5, 0.6) is 5.75 Å². The largest absolute Gasteiger partial charge is 0.494 e. The highest BCUT2D eigenvalue weighted by Crippen LogP contribution is 2.24. The maximum Gasteiger partial charge on any atom is 0.234 e. The molecule has 0 saturated carbocycles. The molecule has 0 aliphatic heterocycles. The molecule has 2 aromatic carbocycles. The number of nitrogen functional groups attached to an aromatic ring is 1. The Bertz CT molecular complexity index is 979. The van der Waals surface area contributed by atoms with E-state index in [0.717, 1.165) is 35.2 Å². The number of nitrogens with zero attached hydrogens (tertiary/aromatic N) is 3. The van der Waals surface area contributed by atoms with Crippen LogP contribution in [0.1, 0.15) is 6.92 Å². The number of nitrogens with one attached hydrogen (secondary N) is 1. The van der Waals surface area contributed by atoms with Crippen molar-refractivity contribution in [3.8, 4) is 17.1 Å². The van der Waals surface area contributed by atoms with Crippen LogP contribution in [0, 0.1) is 11.6 Å². The molecule has 0 saturated heterocycles. The summed E-state index contributed by atoms with van der Waals surface area (Å²) in [5.41, 5.74) is 0.638. The average Bonchev–Trinajstić information content (AvgIpc) is 3.04. The number of carbonyl (C=O) groups is 1. The number of rotatable bonds is 7. The van der Waals surface area contributed by atoms with Crippen molar-refractivity contribution in [1.82, 2.24) is 14.9 Å². The normalized spacial score (nSPS) is 10.7. The van der Waals surface area contributed by atoms with Crippen LogP contribution in [0.3, 0.4) is 0 Å². The van der Waals surface area contributed by atoms with Crippen molar-refractivity contribution in [1.29, 1.82) is 0 Å². The van der Waals surface area contributed by atoms with E-state index < -0.39 is 17.5 Å². The highest BCUT2D eigenvalue weighted by atomic mass is 32.2. The lowest BCUT2D eigenvalue weighted by Crippen LogP contribution is -2.17. The summed E-state index contributed by atoms with van der Waals surface area (Å²) in [5.74, 6) is 5.05. The van der Waals surface area contributed by atoms with E-state index in [9.17, 15) is 13.6 Å². The first-order valence-corrected chi connectivity index (χ1v) is 9.28. The molecule has 1 amide bonds.